The zero-order valence-corrected chi connectivity index (χ0v) is 27.0. The zero-order valence-electron chi connectivity index (χ0n) is 25.4. The van der Waals surface area contributed by atoms with Crippen LogP contribution in [-0.2, 0) is 30.7 Å². The summed E-state index contributed by atoms with van der Waals surface area (Å²) >= 11 is 8.17. The monoisotopic (exact) mass is 646 g/mol. The molecule has 0 spiro atoms. The maximum atomic E-state index is 14.4. The quantitative estimate of drug-likeness (QED) is 0.232. The molecule has 4 aromatic rings. The van der Waals surface area contributed by atoms with Crippen molar-refractivity contribution in [2.24, 2.45) is 0 Å². The van der Waals surface area contributed by atoms with Crippen LogP contribution in [0.25, 0.3) is 11.1 Å². The number of likely N-dealkylation sites (tertiary alicyclic amines) is 1. The summed E-state index contributed by atoms with van der Waals surface area (Å²) in [5.41, 5.74) is 6.78. The first-order chi connectivity index (χ1) is 21.8. The Kier molecular flexibility index (Phi) is 8.22. The third-order valence-electron chi connectivity index (χ3n) is 9.62. The zero-order chi connectivity index (χ0) is 31.2. The number of benzene rings is 2. The maximum Gasteiger partial charge on any atom is 0.255 e. The number of rotatable bonds is 8. The van der Waals surface area contributed by atoms with Crippen molar-refractivity contribution in [1.82, 2.24) is 24.3 Å². The number of alkyl halides is 1. The van der Waals surface area contributed by atoms with E-state index in [9.17, 15) is 14.0 Å². The highest BCUT2D eigenvalue weighted by atomic mass is 35.5. The molecule has 0 aliphatic carbocycles. The fraction of sp³-hybridized carbons (Fsp3) is 0.412. The summed E-state index contributed by atoms with van der Waals surface area (Å²) in [4.78, 5) is 40.6. The van der Waals surface area contributed by atoms with Gasteiger partial charge in [-0.3, -0.25) is 14.9 Å². The van der Waals surface area contributed by atoms with E-state index in [0.717, 1.165) is 37.2 Å². The minimum Gasteiger partial charge on any atom is -0.331 e. The predicted molar refractivity (Wildman–Crippen MR) is 175 cm³/mol. The number of thiazole rings is 1. The van der Waals surface area contributed by atoms with Crippen LogP contribution in [0.3, 0.4) is 0 Å². The Labute approximate surface area is 271 Å². The number of aromatic nitrogens is 3. The van der Waals surface area contributed by atoms with Crippen molar-refractivity contribution in [3.8, 4) is 11.1 Å². The van der Waals surface area contributed by atoms with E-state index < -0.39 is 18.1 Å². The highest BCUT2D eigenvalue weighted by molar-refractivity contribution is 7.13. The van der Waals surface area contributed by atoms with E-state index in [-0.39, 0.29) is 25.4 Å². The summed E-state index contributed by atoms with van der Waals surface area (Å²) in [7, 11) is 0. The molecule has 45 heavy (non-hydrogen) atoms. The average molecular weight is 647 g/mol. The van der Waals surface area contributed by atoms with Gasteiger partial charge in [0.25, 0.3) is 11.8 Å². The molecule has 7 rings (SSSR count). The lowest BCUT2D eigenvalue weighted by Crippen LogP contribution is -2.38. The number of halogens is 2. The number of anilines is 1. The van der Waals surface area contributed by atoms with Crippen molar-refractivity contribution in [2.45, 2.75) is 70.8 Å². The first-order valence-corrected chi connectivity index (χ1v) is 17.0. The van der Waals surface area contributed by atoms with Crippen LogP contribution in [0.2, 0.25) is 5.02 Å². The molecule has 1 N–H and O–H groups in total. The van der Waals surface area contributed by atoms with Crippen LogP contribution < -0.4 is 5.32 Å². The standard InChI is InChI=1S/C34H36ClFN6O2S/c1-3-20-13-22(5-6-25(20)21-7-10-40(4-2)11-8-21)23-14-26-27(28(35)15-23)18-42(33(26)44)31(32(43)39-34-37-9-12-45-34)30-29-16-24(36)17-41(29)19-38-30/h5-6,9,12-15,19,21,24,31H,3-4,7-8,10-11,16-18H2,1-2H3,(H,37,39,43)/t24-,31?/m1/s1. The third-order valence-corrected chi connectivity index (χ3v) is 10.6. The molecule has 3 aliphatic heterocycles. The van der Waals surface area contributed by atoms with E-state index in [4.69, 9.17) is 11.6 Å². The second kappa shape index (κ2) is 12.3. The number of hydrogen-bond acceptors (Lipinski definition) is 6. The Morgan fingerprint density at radius 3 is 2.71 bits per heavy atom. The molecule has 2 amide bonds. The highest BCUT2D eigenvalue weighted by Gasteiger charge is 2.42. The molecular weight excluding hydrogens is 611 g/mol. The van der Waals surface area contributed by atoms with Crippen LogP contribution >= 0.6 is 22.9 Å². The summed E-state index contributed by atoms with van der Waals surface area (Å²) in [5, 5.41) is 5.49. The number of nitrogens with one attached hydrogen (secondary N) is 1. The molecular formula is C34H36ClFN6O2S. The normalized spacial score (nSPS) is 19.2. The molecule has 5 heterocycles. The fourth-order valence-corrected chi connectivity index (χ4v) is 8.01. The largest absolute Gasteiger partial charge is 0.331 e. The Morgan fingerprint density at radius 1 is 1.16 bits per heavy atom. The molecule has 8 nitrogen and oxygen atoms in total. The number of fused-ring (bicyclic) bond motifs is 2. The SMILES string of the molecule is CCc1cc(-c2cc(Cl)c3c(c2)C(=O)N(C(C(=O)Nc2nccs2)c2ncn4c2C[C@@H](F)C4)C3)ccc1C1CCN(CC)CC1. The van der Waals surface area contributed by atoms with E-state index >= 15 is 0 Å². The molecule has 0 radical (unpaired) electrons. The second-order valence-corrected chi connectivity index (χ2v) is 13.5. The smallest absolute Gasteiger partial charge is 0.255 e. The van der Waals surface area contributed by atoms with Gasteiger partial charge in [0.05, 0.1) is 18.6 Å². The molecule has 2 aromatic heterocycles. The first kappa shape index (κ1) is 30.1. The number of aryl methyl sites for hydroxylation is 1. The molecule has 11 heteroatoms. The molecule has 2 aromatic carbocycles. The van der Waals surface area contributed by atoms with Gasteiger partial charge in [-0.15, -0.1) is 11.3 Å². The van der Waals surface area contributed by atoms with Crippen molar-refractivity contribution in [3.63, 3.8) is 0 Å². The molecule has 234 valence electrons. The van der Waals surface area contributed by atoms with Gasteiger partial charge in [-0.25, -0.2) is 14.4 Å². The van der Waals surface area contributed by atoms with Crippen molar-refractivity contribution < 1.29 is 14.0 Å². The van der Waals surface area contributed by atoms with Crippen molar-refractivity contribution in [2.75, 3.05) is 25.0 Å². The van der Waals surface area contributed by atoms with Crippen LogP contribution in [0.15, 0.2) is 48.2 Å². The van der Waals surface area contributed by atoms with Crippen molar-refractivity contribution in [3.05, 3.63) is 86.9 Å². The minimum absolute atomic E-state index is 0.143. The Hall–Kier alpha value is -3.60. The van der Waals surface area contributed by atoms with Crippen molar-refractivity contribution >= 4 is 39.9 Å². The van der Waals surface area contributed by atoms with E-state index in [2.05, 4.69) is 52.2 Å². The maximum absolute atomic E-state index is 14.4. The summed E-state index contributed by atoms with van der Waals surface area (Å²) in [5.74, 6) is -0.195. The van der Waals surface area contributed by atoms with Gasteiger partial charge >= 0.3 is 0 Å². The molecule has 1 fully saturated rings. The van der Waals surface area contributed by atoms with E-state index in [1.54, 1.807) is 22.5 Å². The number of nitrogens with zero attached hydrogens (tertiary/aromatic N) is 5. The Morgan fingerprint density at radius 2 is 1.98 bits per heavy atom. The van der Waals surface area contributed by atoms with Gasteiger partial charge in [0.2, 0.25) is 0 Å². The predicted octanol–water partition coefficient (Wildman–Crippen LogP) is 6.65. The topological polar surface area (TPSA) is 83.4 Å². The van der Waals surface area contributed by atoms with Gasteiger partial charge in [0.1, 0.15) is 6.17 Å². The highest BCUT2D eigenvalue weighted by Crippen LogP contribution is 2.41. The first-order valence-electron chi connectivity index (χ1n) is 15.7. The average Bonchev–Trinajstić information content (AvgIpc) is 3.84. The molecule has 3 aliphatic rings. The molecule has 0 saturated carbocycles. The van der Waals surface area contributed by atoms with Gasteiger partial charge in [-0.1, -0.05) is 43.6 Å². The summed E-state index contributed by atoms with van der Waals surface area (Å²) in [6.07, 6.45) is 5.49. The molecule has 1 saturated heterocycles. The van der Waals surface area contributed by atoms with Crippen molar-refractivity contribution in [1.29, 1.82) is 0 Å². The summed E-state index contributed by atoms with van der Waals surface area (Å²) in [6, 6.07) is 9.37. The number of hydrogen-bond donors (Lipinski definition) is 1. The molecule has 2 atom stereocenters. The third kappa shape index (κ3) is 5.57. The number of piperidine rings is 1. The molecule has 1 unspecified atom stereocenters. The van der Waals surface area contributed by atoms with E-state index in [0.29, 0.717) is 38.6 Å². The number of imidazole rings is 1. The summed E-state index contributed by atoms with van der Waals surface area (Å²) in [6.45, 7) is 8.10. The number of carbonyl (C=O) groups excluding carboxylic acids is 2. The van der Waals surface area contributed by atoms with E-state index in [1.807, 2.05) is 12.1 Å². The van der Waals surface area contributed by atoms with Gasteiger partial charge in [-0.05, 0) is 79.2 Å². The van der Waals surface area contributed by atoms with Gasteiger partial charge in [0.15, 0.2) is 11.2 Å². The van der Waals surface area contributed by atoms with Gasteiger partial charge in [-0.2, -0.15) is 0 Å². The van der Waals surface area contributed by atoms with Crippen LogP contribution in [0.1, 0.15) is 77.1 Å². The van der Waals surface area contributed by atoms with E-state index in [1.165, 1.54) is 40.2 Å². The van der Waals surface area contributed by atoms with Gasteiger partial charge < -0.3 is 14.4 Å². The lowest BCUT2D eigenvalue weighted by atomic mass is 9.84. The lowest BCUT2D eigenvalue weighted by molar-refractivity contribution is -0.121. The Balaban J connectivity index is 1.20. The summed E-state index contributed by atoms with van der Waals surface area (Å²) < 4.78 is 16.1. The molecule has 0 bridgehead atoms. The lowest BCUT2D eigenvalue weighted by Gasteiger charge is -2.32. The van der Waals surface area contributed by atoms with Crippen LogP contribution in [0, 0.1) is 0 Å². The second-order valence-electron chi connectivity index (χ2n) is 12.2. The minimum atomic E-state index is -1.07. The fourth-order valence-electron chi connectivity index (χ4n) is 7.20. The number of carbonyl (C=O) groups is 2. The van der Waals surface area contributed by atoms with Gasteiger partial charge in [0, 0.05) is 46.4 Å². The number of amides is 2. The van der Waals surface area contributed by atoms with Crippen LogP contribution in [0.4, 0.5) is 9.52 Å². The van der Waals surface area contributed by atoms with Crippen LogP contribution in [0.5, 0.6) is 0 Å². The van der Waals surface area contributed by atoms with Crippen LogP contribution in [-0.4, -0.2) is 62.0 Å². The Bertz CT molecular complexity index is 1750.